The topological polar surface area (TPSA) is 66.5 Å². The standard InChI is InChI=1S/C23H24N2O3S/c1-17-7-11-21(12-8-17)25(29(27,28)22-13-9-18(2)10-14-22)16-23(26)24-20-6-4-5-19(3)15-20/h4-15H,16H2,1-3H3,(H,24,26). The van der Waals surface area contributed by atoms with Gasteiger partial charge in [0.15, 0.2) is 0 Å². The van der Waals surface area contributed by atoms with Gasteiger partial charge >= 0.3 is 0 Å². The number of hydrogen-bond donors (Lipinski definition) is 1. The highest BCUT2D eigenvalue weighted by molar-refractivity contribution is 7.92. The molecule has 0 saturated heterocycles. The van der Waals surface area contributed by atoms with E-state index in [1.54, 1.807) is 42.5 Å². The molecule has 6 heteroatoms. The third-order valence-electron chi connectivity index (χ3n) is 4.52. The van der Waals surface area contributed by atoms with Crippen molar-refractivity contribution in [3.05, 3.63) is 89.5 Å². The summed E-state index contributed by atoms with van der Waals surface area (Å²) in [4.78, 5) is 12.8. The molecule has 5 nitrogen and oxygen atoms in total. The minimum absolute atomic E-state index is 0.145. The van der Waals surface area contributed by atoms with Gasteiger partial charge in [0.1, 0.15) is 6.54 Å². The zero-order chi connectivity index (χ0) is 21.0. The van der Waals surface area contributed by atoms with Gasteiger partial charge in [-0.05, 0) is 62.7 Å². The number of rotatable bonds is 6. The fourth-order valence-corrected chi connectivity index (χ4v) is 4.34. The van der Waals surface area contributed by atoms with Crippen LogP contribution in [0.25, 0.3) is 0 Å². The first-order valence-electron chi connectivity index (χ1n) is 9.28. The zero-order valence-electron chi connectivity index (χ0n) is 16.7. The lowest BCUT2D eigenvalue weighted by atomic mass is 10.2. The number of sulfonamides is 1. The number of nitrogens with one attached hydrogen (secondary N) is 1. The number of nitrogens with zero attached hydrogens (tertiary/aromatic N) is 1. The maximum absolute atomic E-state index is 13.3. The summed E-state index contributed by atoms with van der Waals surface area (Å²) >= 11 is 0. The molecule has 0 aliphatic rings. The Balaban J connectivity index is 1.93. The second-order valence-electron chi connectivity index (χ2n) is 7.08. The van der Waals surface area contributed by atoms with Gasteiger partial charge in [-0.15, -0.1) is 0 Å². The number of carbonyl (C=O) groups excluding carboxylic acids is 1. The lowest BCUT2D eigenvalue weighted by Gasteiger charge is -2.24. The van der Waals surface area contributed by atoms with Gasteiger partial charge in [0, 0.05) is 5.69 Å². The van der Waals surface area contributed by atoms with E-state index < -0.39 is 15.9 Å². The van der Waals surface area contributed by atoms with E-state index in [0.29, 0.717) is 11.4 Å². The molecule has 0 heterocycles. The van der Waals surface area contributed by atoms with E-state index in [1.807, 2.05) is 51.1 Å². The molecule has 0 unspecified atom stereocenters. The highest BCUT2D eigenvalue weighted by atomic mass is 32.2. The van der Waals surface area contributed by atoms with Crippen molar-refractivity contribution in [3.8, 4) is 0 Å². The van der Waals surface area contributed by atoms with Crippen molar-refractivity contribution in [2.45, 2.75) is 25.7 Å². The SMILES string of the molecule is Cc1ccc(N(CC(=O)Nc2cccc(C)c2)S(=O)(=O)c2ccc(C)cc2)cc1. The Morgan fingerprint density at radius 3 is 2.00 bits per heavy atom. The van der Waals surface area contributed by atoms with Crippen LogP contribution in [0.5, 0.6) is 0 Å². The molecule has 0 spiro atoms. The zero-order valence-corrected chi connectivity index (χ0v) is 17.5. The average Bonchev–Trinajstić information content (AvgIpc) is 2.67. The van der Waals surface area contributed by atoms with Crippen LogP contribution in [0, 0.1) is 20.8 Å². The summed E-state index contributed by atoms with van der Waals surface area (Å²) in [6, 6.07) is 21.0. The lowest BCUT2D eigenvalue weighted by molar-refractivity contribution is -0.114. The van der Waals surface area contributed by atoms with E-state index in [9.17, 15) is 13.2 Å². The summed E-state index contributed by atoms with van der Waals surface area (Å²) in [5.41, 5.74) is 4.04. The smallest absolute Gasteiger partial charge is 0.264 e. The van der Waals surface area contributed by atoms with Crippen molar-refractivity contribution in [2.24, 2.45) is 0 Å². The number of benzene rings is 3. The summed E-state index contributed by atoms with van der Waals surface area (Å²) in [7, 11) is -3.91. The maximum atomic E-state index is 13.3. The first-order valence-corrected chi connectivity index (χ1v) is 10.7. The van der Waals surface area contributed by atoms with Gasteiger partial charge in [0.2, 0.25) is 5.91 Å². The van der Waals surface area contributed by atoms with Crippen LogP contribution < -0.4 is 9.62 Å². The first kappa shape index (κ1) is 20.6. The number of carbonyl (C=O) groups is 1. The van der Waals surface area contributed by atoms with Crippen LogP contribution in [-0.4, -0.2) is 20.9 Å². The van der Waals surface area contributed by atoms with E-state index >= 15 is 0 Å². The van der Waals surface area contributed by atoms with Gasteiger partial charge in [-0.2, -0.15) is 0 Å². The minimum atomic E-state index is -3.91. The average molecular weight is 409 g/mol. The van der Waals surface area contributed by atoms with Crippen LogP contribution in [-0.2, 0) is 14.8 Å². The summed E-state index contributed by atoms with van der Waals surface area (Å²) in [6.45, 7) is 5.42. The summed E-state index contributed by atoms with van der Waals surface area (Å²) < 4.78 is 27.8. The summed E-state index contributed by atoms with van der Waals surface area (Å²) in [6.07, 6.45) is 0. The molecule has 0 radical (unpaired) electrons. The van der Waals surface area contributed by atoms with Crippen LogP contribution >= 0.6 is 0 Å². The molecule has 0 aromatic heterocycles. The highest BCUT2D eigenvalue weighted by Crippen LogP contribution is 2.24. The largest absolute Gasteiger partial charge is 0.325 e. The van der Waals surface area contributed by atoms with E-state index in [-0.39, 0.29) is 11.4 Å². The fourth-order valence-electron chi connectivity index (χ4n) is 2.92. The van der Waals surface area contributed by atoms with Crippen molar-refractivity contribution in [2.75, 3.05) is 16.2 Å². The highest BCUT2D eigenvalue weighted by Gasteiger charge is 2.27. The Morgan fingerprint density at radius 1 is 0.828 bits per heavy atom. The van der Waals surface area contributed by atoms with Crippen LogP contribution in [0.4, 0.5) is 11.4 Å². The number of anilines is 2. The van der Waals surface area contributed by atoms with Crippen molar-refractivity contribution < 1.29 is 13.2 Å². The van der Waals surface area contributed by atoms with Crippen molar-refractivity contribution in [3.63, 3.8) is 0 Å². The van der Waals surface area contributed by atoms with Crippen molar-refractivity contribution in [1.29, 1.82) is 0 Å². The quantitative estimate of drug-likeness (QED) is 0.655. The van der Waals surface area contributed by atoms with E-state index in [0.717, 1.165) is 21.0 Å². The maximum Gasteiger partial charge on any atom is 0.264 e. The molecule has 3 aromatic carbocycles. The molecule has 3 rings (SSSR count). The van der Waals surface area contributed by atoms with Crippen molar-refractivity contribution in [1.82, 2.24) is 0 Å². The van der Waals surface area contributed by atoms with Crippen LogP contribution in [0.2, 0.25) is 0 Å². The second-order valence-corrected chi connectivity index (χ2v) is 8.94. The van der Waals surface area contributed by atoms with Crippen LogP contribution in [0.3, 0.4) is 0 Å². The van der Waals surface area contributed by atoms with Gasteiger partial charge in [-0.3, -0.25) is 9.10 Å². The number of amides is 1. The fraction of sp³-hybridized carbons (Fsp3) is 0.174. The van der Waals surface area contributed by atoms with Crippen LogP contribution in [0.1, 0.15) is 16.7 Å². The van der Waals surface area contributed by atoms with Crippen LogP contribution in [0.15, 0.2) is 77.7 Å². The molecular weight excluding hydrogens is 384 g/mol. The lowest BCUT2D eigenvalue weighted by Crippen LogP contribution is -2.38. The third kappa shape index (κ3) is 5.03. The normalized spacial score (nSPS) is 11.1. The summed E-state index contributed by atoms with van der Waals surface area (Å²) in [5, 5.41) is 2.78. The molecule has 0 fully saturated rings. The molecule has 0 atom stereocenters. The Kier molecular flexibility index (Phi) is 6.03. The summed E-state index contributed by atoms with van der Waals surface area (Å²) in [5.74, 6) is -0.410. The van der Waals surface area contributed by atoms with Gasteiger partial charge in [-0.1, -0.05) is 47.5 Å². The molecule has 1 amide bonds. The van der Waals surface area contributed by atoms with Gasteiger partial charge in [0.05, 0.1) is 10.6 Å². The predicted octanol–water partition coefficient (Wildman–Crippen LogP) is 4.45. The Bertz CT molecular complexity index is 1110. The van der Waals surface area contributed by atoms with E-state index in [2.05, 4.69) is 5.32 Å². The molecule has 0 aliphatic heterocycles. The monoisotopic (exact) mass is 408 g/mol. The second kappa shape index (κ2) is 8.49. The first-order chi connectivity index (χ1) is 13.8. The van der Waals surface area contributed by atoms with Gasteiger partial charge in [-0.25, -0.2) is 8.42 Å². The molecule has 0 saturated carbocycles. The Labute approximate surface area is 172 Å². The molecule has 0 bridgehead atoms. The van der Waals surface area contributed by atoms with Gasteiger partial charge < -0.3 is 5.32 Å². The molecule has 3 aromatic rings. The van der Waals surface area contributed by atoms with Gasteiger partial charge in [0.25, 0.3) is 10.0 Å². The molecule has 150 valence electrons. The Hall–Kier alpha value is -3.12. The molecular formula is C23H24N2O3S. The molecule has 29 heavy (non-hydrogen) atoms. The number of aryl methyl sites for hydroxylation is 3. The third-order valence-corrected chi connectivity index (χ3v) is 6.31. The van der Waals surface area contributed by atoms with E-state index in [4.69, 9.17) is 0 Å². The minimum Gasteiger partial charge on any atom is -0.325 e. The molecule has 0 aliphatic carbocycles. The van der Waals surface area contributed by atoms with Crippen molar-refractivity contribution >= 4 is 27.3 Å². The Morgan fingerprint density at radius 2 is 1.41 bits per heavy atom. The number of hydrogen-bond acceptors (Lipinski definition) is 3. The predicted molar refractivity (Wildman–Crippen MR) is 117 cm³/mol. The van der Waals surface area contributed by atoms with E-state index in [1.165, 1.54) is 0 Å². The molecule has 1 N–H and O–H groups in total.